The molecular weight excluding hydrogens is 235 g/mol. The molecule has 0 aromatic heterocycles. The summed E-state index contributed by atoms with van der Waals surface area (Å²) < 4.78 is 35.3. The van der Waals surface area contributed by atoms with Crippen LogP contribution in [-0.4, -0.2) is 23.6 Å². The first kappa shape index (κ1) is 12.2. The van der Waals surface area contributed by atoms with Gasteiger partial charge in [-0.1, -0.05) is 15.9 Å². The third-order valence-corrected chi connectivity index (χ3v) is 1.88. The van der Waals surface area contributed by atoms with Gasteiger partial charge in [0, 0.05) is 10.9 Å². The Kier molecular flexibility index (Phi) is 4.55. The highest BCUT2D eigenvalue weighted by Crippen LogP contribution is 2.16. The lowest BCUT2D eigenvalue weighted by Crippen LogP contribution is -2.44. The molecule has 0 spiro atoms. The first-order valence-electron chi connectivity index (χ1n) is 3.64. The molecule has 0 fully saturated rings. The molecule has 0 rings (SSSR count). The van der Waals surface area contributed by atoms with Gasteiger partial charge in [-0.2, -0.15) is 13.2 Å². The van der Waals surface area contributed by atoms with Crippen LogP contribution in [0, 0.1) is 0 Å². The topological polar surface area (TPSA) is 12.0 Å². The first-order chi connectivity index (χ1) is 5.27. The average Bonchev–Trinajstić information content (AvgIpc) is 1.83. The van der Waals surface area contributed by atoms with Crippen LogP contribution in [0.15, 0.2) is 0 Å². The van der Waals surface area contributed by atoms with E-state index in [0.717, 1.165) is 0 Å². The third kappa shape index (κ3) is 6.91. The molecule has 0 unspecified atom stereocenters. The Hall–Kier alpha value is 0.230. The van der Waals surface area contributed by atoms with Crippen molar-refractivity contribution in [1.82, 2.24) is 5.32 Å². The highest BCUT2D eigenvalue weighted by Gasteiger charge is 2.30. The van der Waals surface area contributed by atoms with Gasteiger partial charge in [-0.25, -0.2) is 0 Å². The van der Waals surface area contributed by atoms with Gasteiger partial charge < -0.3 is 5.32 Å². The van der Waals surface area contributed by atoms with E-state index in [9.17, 15) is 13.2 Å². The van der Waals surface area contributed by atoms with Crippen LogP contribution in [0.5, 0.6) is 0 Å². The van der Waals surface area contributed by atoms with Gasteiger partial charge in [0.25, 0.3) is 0 Å². The van der Waals surface area contributed by atoms with Crippen molar-refractivity contribution in [3.05, 3.63) is 0 Å². The summed E-state index contributed by atoms with van der Waals surface area (Å²) in [5, 5.41) is 3.14. The second-order valence-electron chi connectivity index (χ2n) is 3.29. The monoisotopic (exact) mass is 247 g/mol. The standard InChI is InChI=1S/C7H13BrF3N/c1-6(2,3-4-8)12-5-7(9,10)11/h12H,3-5H2,1-2H3. The lowest BCUT2D eigenvalue weighted by molar-refractivity contribution is -0.128. The van der Waals surface area contributed by atoms with Crippen LogP contribution < -0.4 is 5.32 Å². The number of rotatable bonds is 4. The lowest BCUT2D eigenvalue weighted by atomic mass is 10.0. The molecule has 0 aliphatic carbocycles. The molecule has 1 N–H and O–H groups in total. The van der Waals surface area contributed by atoms with Gasteiger partial charge in [-0.05, 0) is 20.3 Å². The van der Waals surface area contributed by atoms with Crippen LogP contribution in [0.4, 0.5) is 13.2 Å². The lowest BCUT2D eigenvalue weighted by Gasteiger charge is -2.26. The molecular formula is C7H13BrF3N. The molecule has 0 bridgehead atoms. The Morgan fingerprint density at radius 1 is 1.25 bits per heavy atom. The van der Waals surface area contributed by atoms with Gasteiger partial charge in [-0.3, -0.25) is 0 Å². The Labute approximate surface area is 78.8 Å². The summed E-state index contributed by atoms with van der Waals surface area (Å²) >= 11 is 3.18. The van der Waals surface area contributed by atoms with E-state index >= 15 is 0 Å². The second-order valence-corrected chi connectivity index (χ2v) is 4.08. The second kappa shape index (κ2) is 4.46. The molecule has 0 aromatic carbocycles. The molecule has 0 saturated heterocycles. The maximum absolute atomic E-state index is 11.8. The van der Waals surface area contributed by atoms with Crippen molar-refractivity contribution in [2.45, 2.75) is 32.0 Å². The third-order valence-electron chi connectivity index (χ3n) is 1.49. The van der Waals surface area contributed by atoms with E-state index in [2.05, 4.69) is 21.2 Å². The summed E-state index contributed by atoms with van der Waals surface area (Å²) in [5.74, 6) is 0. The van der Waals surface area contributed by atoms with Crippen molar-refractivity contribution in [1.29, 1.82) is 0 Å². The van der Waals surface area contributed by atoms with Crippen molar-refractivity contribution in [3.63, 3.8) is 0 Å². The van der Waals surface area contributed by atoms with Gasteiger partial charge >= 0.3 is 6.18 Å². The SMILES string of the molecule is CC(C)(CCBr)NCC(F)(F)F. The maximum Gasteiger partial charge on any atom is 0.401 e. The van der Waals surface area contributed by atoms with Gasteiger partial charge in [0.15, 0.2) is 0 Å². The number of halogens is 4. The number of nitrogens with one attached hydrogen (secondary N) is 1. The predicted octanol–water partition coefficient (Wildman–Crippen LogP) is 2.70. The Morgan fingerprint density at radius 3 is 2.08 bits per heavy atom. The quantitative estimate of drug-likeness (QED) is 0.754. The van der Waals surface area contributed by atoms with Crippen LogP contribution in [-0.2, 0) is 0 Å². The van der Waals surface area contributed by atoms with Gasteiger partial charge in [0.2, 0.25) is 0 Å². The summed E-state index contributed by atoms with van der Waals surface area (Å²) in [5.41, 5.74) is -0.459. The smallest absolute Gasteiger partial charge is 0.304 e. The molecule has 0 saturated carbocycles. The minimum atomic E-state index is -4.12. The summed E-state index contributed by atoms with van der Waals surface area (Å²) in [6, 6.07) is 0. The zero-order valence-electron chi connectivity index (χ0n) is 7.13. The van der Waals surface area contributed by atoms with Crippen LogP contribution in [0.2, 0.25) is 0 Å². The number of hydrogen-bond donors (Lipinski definition) is 1. The largest absolute Gasteiger partial charge is 0.401 e. The molecule has 0 aliphatic rings. The van der Waals surface area contributed by atoms with E-state index in [1.54, 1.807) is 13.8 Å². The summed E-state index contributed by atoms with van der Waals surface area (Å²) in [6.45, 7) is 2.58. The highest BCUT2D eigenvalue weighted by atomic mass is 79.9. The van der Waals surface area contributed by atoms with Gasteiger partial charge in [0.1, 0.15) is 0 Å². The van der Waals surface area contributed by atoms with E-state index in [4.69, 9.17) is 0 Å². The number of hydrogen-bond acceptors (Lipinski definition) is 1. The van der Waals surface area contributed by atoms with Crippen molar-refractivity contribution in [2.75, 3.05) is 11.9 Å². The Bertz CT molecular complexity index is 133. The van der Waals surface area contributed by atoms with Crippen molar-refractivity contribution in [3.8, 4) is 0 Å². The van der Waals surface area contributed by atoms with Crippen molar-refractivity contribution < 1.29 is 13.2 Å². The average molecular weight is 248 g/mol. The molecule has 1 nitrogen and oxygen atoms in total. The molecule has 0 atom stereocenters. The van der Waals surface area contributed by atoms with Gasteiger partial charge in [-0.15, -0.1) is 0 Å². The van der Waals surface area contributed by atoms with Crippen LogP contribution in [0.1, 0.15) is 20.3 Å². The number of alkyl halides is 4. The van der Waals surface area contributed by atoms with Crippen molar-refractivity contribution >= 4 is 15.9 Å². The summed E-state index contributed by atoms with van der Waals surface area (Å²) in [6.07, 6.45) is -3.45. The fraction of sp³-hybridized carbons (Fsp3) is 1.00. The van der Waals surface area contributed by atoms with E-state index in [1.165, 1.54) is 0 Å². The molecule has 0 aliphatic heterocycles. The van der Waals surface area contributed by atoms with Crippen molar-refractivity contribution in [2.24, 2.45) is 0 Å². The van der Waals surface area contributed by atoms with E-state index in [-0.39, 0.29) is 0 Å². The summed E-state index contributed by atoms with van der Waals surface area (Å²) in [4.78, 5) is 0. The summed E-state index contributed by atoms with van der Waals surface area (Å²) in [7, 11) is 0. The predicted molar refractivity (Wildman–Crippen MR) is 46.5 cm³/mol. The van der Waals surface area contributed by atoms with E-state index in [1.807, 2.05) is 0 Å². The van der Waals surface area contributed by atoms with Crippen LogP contribution >= 0.6 is 15.9 Å². The van der Waals surface area contributed by atoms with E-state index in [0.29, 0.717) is 11.8 Å². The molecule has 0 radical (unpaired) electrons. The molecule has 0 aromatic rings. The molecule has 74 valence electrons. The zero-order valence-corrected chi connectivity index (χ0v) is 8.72. The molecule has 12 heavy (non-hydrogen) atoms. The minimum Gasteiger partial charge on any atom is -0.304 e. The zero-order chi connectivity index (χ0) is 9.83. The Morgan fingerprint density at radius 2 is 1.75 bits per heavy atom. The maximum atomic E-state index is 11.8. The fourth-order valence-electron chi connectivity index (χ4n) is 0.664. The highest BCUT2D eigenvalue weighted by molar-refractivity contribution is 9.09. The van der Waals surface area contributed by atoms with Crippen LogP contribution in [0.3, 0.4) is 0 Å². The van der Waals surface area contributed by atoms with E-state index < -0.39 is 18.3 Å². The minimum absolute atomic E-state index is 0.459. The molecule has 5 heteroatoms. The van der Waals surface area contributed by atoms with Gasteiger partial charge in [0.05, 0.1) is 6.54 Å². The Balaban J connectivity index is 3.75. The first-order valence-corrected chi connectivity index (χ1v) is 4.77. The van der Waals surface area contributed by atoms with Crippen LogP contribution in [0.25, 0.3) is 0 Å². The molecule has 0 amide bonds. The normalized spacial score (nSPS) is 13.5. The molecule has 0 heterocycles. The fourth-order valence-corrected chi connectivity index (χ4v) is 1.66.